The average molecular weight is 409 g/mol. The van der Waals surface area contributed by atoms with Crippen LogP contribution in [0.4, 0.5) is 0 Å². The number of carboxylic acid groups (broad SMARTS) is 1. The fraction of sp³-hybridized carbons (Fsp3) is 0.286. The molecule has 0 fully saturated rings. The summed E-state index contributed by atoms with van der Waals surface area (Å²) in [4.78, 5) is 11.2. The van der Waals surface area contributed by atoms with Crippen LogP contribution in [0.3, 0.4) is 0 Å². The fourth-order valence-electron chi connectivity index (χ4n) is 2.52. The first-order valence-corrected chi connectivity index (χ1v) is 9.34. The molecule has 0 aliphatic carbocycles. The van der Waals surface area contributed by atoms with Crippen molar-refractivity contribution in [2.24, 2.45) is 0 Å². The topological polar surface area (TPSA) is 55.8 Å². The molecule has 0 amide bonds. The van der Waals surface area contributed by atoms with E-state index >= 15 is 0 Å². The average Bonchev–Trinajstić information content (AvgIpc) is 2.61. The minimum atomic E-state index is -0.959. The molecule has 1 N–H and O–H groups in total. The highest BCUT2D eigenvalue weighted by Crippen LogP contribution is 2.24. The molecule has 0 bridgehead atoms. The van der Waals surface area contributed by atoms with Crippen LogP contribution < -0.4 is 4.74 Å². The number of hydrogen-bond acceptors (Lipinski definition) is 3. The Morgan fingerprint density at radius 1 is 1.15 bits per heavy atom. The van der Waals surface area contributed by atoms with E-state index in [-0.39, 0.29) is 0 Å². The van der Waals surface area contributed by atoms with Crippen LogP contribution in [0.1, 0.15) is 25.0 Å². The van der Waals surface area contributed by atoms with E-state index in [2.05, 4.69) is 0 Å². The second-order valence-electron chi connectivity index (χ2n) is 5.99. The van der Waals surface area contributed by atoms with Gasteiger partial charge in [0.15, 0.2) is 6.10 Å². The molecule has 2 aromatic rings. The van der Waals surface area contributed by atoms with Gasteiger partial charge in [-0.3, -0.25) is 0 Å². The highest BCUT2D eigenvalue weighted by molar-refractivity contribution is 6.34. The summed E-state index contributed by atoms with van der Waals surface area (Å²) in [6, 6.07) is 12.7. The Bertz CT molecular complexity index is 780. The number of hydrogen-bond donors (Lipinski definition) is 1. The van der Waals surface area contributed by atoms with Crippen LogP contribution in [0.25, 0.3) is 5.57 Å². The molecule has 2 rings (SSSR count). The molecule has 0 aromatic heterocycles. The molecule has 27 heavy (non-hydrogen) atoms. The lowest BCUT2D eigenvalue weighted by atomic mass is 10.1. The number of rotatable bonds is 9. The molecular formula is C21H22Cl2O4. The van der Waals surface area contributed by atoms with Crippen molar-refractivity contribution in [1.29, 1.82) is 0 Å². The van der Waals surface area contributed by atoms with Gasteiger partial charge in [0.25, 0.3) is 0 Å². The third-order valence-electron chi connectivity index (χ3n) is 3.95. The van der Waals surface area contributed by atoms with E-state index in [1.165, 1.54) is 0 Å². The smallest absolute Gasteiger partial charge is 0.333 e. The summed E-state index contributed by atoms with van der Waals surface area (Å²) in [5, 5.41) is 10.3. The van der Waals surface area contributed by atoms with E-state index in [0.29, 0.717) is 35.4 Å². The first kappa shape index (κ1) is 21.3. The molecule has 0 heterocycles. The van der Waals surface area contributed by atoms with Crippen LogP contribution in [0, 0.1) is 0 Å². The maximum Gasteiger partial charge on any atom is 0.333 e. The third kappa shape index (κ3) is 6.90. The van der Waals surface area contributed by atoms with Gasteiger partial charge >= 0.3 is 5.97 Å². The molecule has 0 aliphatic rings. The van der Waals surface area contributed by atoms with E-state index in [4.69, 9.17) is 37.8 Å². The number of halogens is 2. The molecule has 0 saturated carbocycles. The van der Waals surface area contributed by atoms with Crippen molar-refractivity contribution in [3.05, 3.63) is 69.7 Å². The number of allylic oxidation sites excluding steroid dienone is 1. The zero-order valence-electron chi connectivity index (χ0n) is 15.2. The van der Waals surface area contributed by atoms with Crippen LogP contribution in [0.2, 0.25) is 10.0 Å². The Labute approximate surface area is 169 Å². The van der Waals surface area contributed by atoms with E-state index < -0.39 is 12.1 Å². The molecule has 0 aliphatic heterocycles. The van der Waals surface area contributed by atoms with Gasteiger partial charge in [-0.2, -0.15) is 0 Å². The molecule has 0 saturated heterocycles. The van der Waals surface area contributed by atoms with E-state index in [1.54, 1.807) is 13.0 Å². The van der Waals surface area contributed by atoms with Crippen LogP contribution >= 0.6 is 23.2 Å². The SMILES string of the molecule is CCOC(Cc1ccc(OC/C=C(\C)c2cc(Cl)cc(Cl)c2)cc1)C(=O)O. The predicted octanol–water partition coefficient (Wildman–Crippen LogP) is 5.51. The molecule has 0 radical (unpaired) electrons. The van der Waals surface area contributed by atoms with Crippen LogP contribution in [-0.4, -0.2) is 30.4 Å². The summed E-state index contributed by atoms with van der Waals surface area (Å²) in [5.41, 5.74) is 2.84. The Morgan fingerprint density at radius 3 is 2.33 bits per heavy atom. The molecule has 1 unspecified atom stereocenters. The lowest BCUT2D eigenvalue weighted by Gasteiger charge is -2.12. The van der Waals surface area contributed by atoms with Gasteiger partial charge in [-0.25, -0.2) is 4.79 Å². The number of benzene rings is 2. The number of ether oxygens (including phenoxy) is 2. The first-order valence-electron chi connectivity index (χ1n) is 8.58. The van der Waals surface area contributed by atoms with Crippen LogP contribution in [0.15, 0.2) is 48.5 Å². The van der Waals surface area contributed by atoms with E-state index in [9.17, 15) is 4.79 Å². The predicted molar refractivity (Wildman–Crippen MR) is 109 cm³/mol. The maximum atomic E-state index is 11.2. The summed E-state index contributed by atoms with van der Waals surface area (Å²) in [5.74, 6) is -0.255. The minimum absolute atomic E-state index is 0.317. The lowest BCUT2D eigenvalue weighted by molar-refractivity contribution is -0.149. The molecule has 0 spiro atoms. The van der Waals surface area contributed by atoms with Gasteiger partial charge in [-0.05, 0) is 67.0 Å². The van der Waals surface area contributed by atoms with Gasteiger partial charge in [0.2, 0.25) is 0 Å². The van der Waals surface area contributed by atoms with Crippen molar-refractivity contribution in [1.82, 2.24) is 0 Å². The number of carbonyl (C=O) groups is 1. The van der Waals surface area contributed by atoms with Gasteiger partial charge in [-0.1, -0.05) is 35.3 Å². The zero-order chi connectivity index (χ0) is 19.8. The van der Waals surface area contributed by atoms with Crippen molar-refractivity contribution < 1.29 is 19.4 Å². The standard InChI is InChI=1S/C21H22Cl2O4/c1-3-26-20(21(24)25)10-15-4-6-19(7-5-15)27-9-8-14(2)16-11-17(22)13-18(23)12-16/h4-8,11-13,20H,3,9-10H2,1-2H3,(H,24,25)/b14-8+. The van der Waals surface area contributed by atoms with Gasteiger partial charge in [0, 0.05) is 23.1 Å². The van der Waals surface area contributed by atoms with Gasteiger partial charge in [0.05, 0.1) is 0 Å². The second-order valence-corrected chi connectivity index (χ2v) is 6.86. The monoisotopic (exact) mass is 408 g/mol. The Kier molecular flexibility index (Phi) is 8.17. The quantitative estimate of drug-likeness (QED) is 0.594. The Balaban J connectivity index is 1.93. The van der Waals surface area contributed by atoms with Crippen molar-refractivity contribution in [2.75, 3.05) is 13.2 Å². The summed E-state index contributed by atoms with van der Waals surface area (Å²) in [6.07, 6.45) is 1.43. The van der Waals surface area contributed by atoms with Crippen LogP contribution in [0.5, 0.6) is 5.75 Å². The second kappa shape index (κ2) is 10.4. The molecule has 1 atom stereocenters. The normalized spacial score (nSPS) is 12.7. The Morgan fingerprint density at radius 2 is 1.78 bits per heavy atom. The van der Waals surface area contributed by atoms with Crippen molar-refractivity contribution in [3.63, 3.8) is 0 Å². The third-order valence-corrected chi connectivity index (χ3v) is 4.38. The van der Waals surface area contributed by atoms with Crippen molar-refractivity contribution in [2.45, 2.75) is 26.4 Å². The maximum absolute atomic E-state index is 11.2. The van der Waals surface area contributed by atoms with Gasteiger partial charge in [-0.15, -0.1) is 0 Å². The molecular weight excluding hydrogens is 387 g/mol. The lowest BCUT2D eigenvalue weighted by Crippen LogP contribution is -2.26. The summed E-state index contributed by atoms with van der Waals surface area (Å²) < 4.78 is 11.0. The summed E-state index contributed by atoms with van der Waals surface area (Å²) in [6.45, 7) is 4.50. The molecule has 6 heteroatoms. The molecule has 4 nitrogen and oxygen atoms in total. The highest BCUT2D eigenvalue weighted by atomic mass is 35.5. The van der Waals surface area contributed by atoms with E-state index in [1.807, 2.05) is 49.4 Å². The summed E-state index contributed by atoms with van der Waals surface area (Å²) in [7, 11) is 0. The first-order chi connectivity index (χ1) is 12.9. The zero-order valence-corrected chi connectivity index (χ0v) is 16.8. The van der Waals surface area contributed by atoms with Gasteiger partial charge in [0.1, 0.15) is 12.4 Å². The largest absolute Gasteiger partial charge is 0.490 e. The Hall–Kier alpha value is -2.01. The summed E-state index contributed by atoms with van der Waals surface area (Å²) >= 11 is 12.1. The number of carboxylic acids is 1. The molecule has 2 aromatic carbocycles. The highest BCUT2D eigenvalue weighted by Gasteiger charge is 2.17. The van der Waals surface area contributed by atoms with Crippen molar-refractivity contribution >= 4 is 34.7 Å². The van der Waals surface area contributed by atoms with Gasteiger partial charge < -0.3 is 14.6 Å². The fourth-order valence-corrected chi connectivity index (χ4v) is 3.04. The number of aliphatic carboxylic acids is 1. The van der Waals surface area contributed by atoms with Crippen LogP contribution in [-0.2, 0) is 16.0 Å². The molecule has 144 valence electrons. The van der Waals surface area contributed by atoms with E-state index in [0.717, 1.165) is 16.7 Å². The van der Waals surface area contributed by atoms with Crippen molar-refractivity contribution in [3.8, 4) is 5.75 Å². The minimum Gasteiger partial charge on any atom is -0.490 e.